The standard InChI is InChI=1S/C80H49NS2/c1-5-20-50(21-6-1)59-32-16-36-68-70-38-18-34-61(79(70)82-77(59)68)56-41-43-63-64-44-42-57(62-35-19-39-71-69-37-17-33-60(78(69)83-80(62)71)51-22-7-2-8-23-51)49-74(64)81(73(63)48-56)58-29-15-28-54(46-58)55-40-45-67-72(47-55)76(53-26-11-4-12-27-53)66-31-14-13-30-65(66)75(67)52-24-9-3-10-25-52/h1-49H. The molecule has 0 fully saturated rings. The second-order valence-electron chi connectivity index (χ2n) is 21.8. The van der Waals surface area contributed by atoms with Crippen LogP contribution in [0.1, 0.15) is 0 Å². The van der Waals surface area contributed by atoms with Crippen LogP contribution in [0.25, 0.3) is 167 Å². The first-order valence-corrected chi connectivity index (χ1v) is 30.1. The van der Waals surface area contributed by atoms with Gasteiger partial charge >= 0.3 is 0 Å². The Morgan fingerprint density at radius 3 is 0.976 bits per heavy atom. The van der Waals surface area contributed by atoms with E-state index in [1.807, 2.05) is 22.7 Å². The molecule has 17 rings (SSSR count). The van der Waals surface area contributed by atoms with E-state index in [9.17, 15) is 0 Å². The third-order valence-electron chi connectivity index (χ3n) is 17.2. The average Bonchev–Trinajstić information content (AvgIpc) is 2.56. The summed E-state index contributed by atoms with van der Waals surface area (Å²) >= 11 is 3.82. The lowest BCUT2D eigenvalue weighted by Crippen LogP contribution is -1.95. The topological polar surface area (TPSA) is 4.93 Å². The van der Waals surface area contributed by atoms with Gasteiger partial charge < -0.3 is 4.57 Å². The van der Waals surface area contributed by atoms with Crippen molar-refractivity contribution in [3.8, 4) is 83.6 Å². The first-order chi connectivity index (χ1) is 41.2. The molecular formula is C80H49NS2. The number of thiophene rings is 2. The molecule has 14 aromatic carbocycles. The van der Waals surface area contributed by atoms with Crippen LogP contribution in [0, 0.1) is 0 Å². The molecule has 0 saturated heterocycles. The lowest BCUT2D eigenvalue weighted by Gasteiger charge is -2.19. The summed E-state index contributed by atoms with van der Waals surface area (Å²) in [5, 5.41) is 12.6. The van der Waals surface area contributed by atoms with Crippen LogP contribution in [0.4, 0.5) is 0 Å². The van der Waals surface area contributed by atoms with Gasteiger partial charge in [-0.15, -0.1) is 22.7 Å². The van der Waals surface area contributed by atoms with E-state index in [4.69, 9.17) is 0 Å². The molecule has 0 aliphatic carbocycles. The lowest BCUT2D eigenvalue weighted by molar-refractivity contribution is 1.18. The number of fused-ring (bicyclic) bond motifs is 11. The Balaban J connectivity index is 0.890. The minimum Gasteiger partial charge on any atom is -0.309 e. The summed E-state index contributed by atoms with van der Waals surface area (Å²) in [7, 11) is 0. The van der Waals surface area contributed by atoms with Crippen molar-refractivity contribution in [1.82, 2.24) is 4.57 Å². The maximum Gasteiger partial charge on any atom is 0.0547 e. The predicted octanol–water partition coefficient (Wildman–Crippen LogP) is 23.5. The van der Waals surface area contributed by atoms with Gasteiger partial charge in [0.15, 0.2) is 0 Å². The first kappa shape index (κ1) is 47.6. The Bertz CT molecular complexity index is 5200. The van der Waals surface area contributed by atoms with E-state index in [0.717, 1.165) is 11.3 Å². The molecule has 3 heterocycles. The van der Waals surface area contributed by atoms with Crippen LogP contribution in [-0.2, 0) is 0 Å². The Morgan fingerprint density at radius 2 is 0.518 bits per heavy atom. The molecule has 386 valence electrons. The van der Waals surface area contributed by atoms with Crippen molar-refractivity contribution >= 4 is 106 Å². The third-order valence-corrected chi connectivity index (χ3v) is 19.8. The molecular weight excluding hydrogens is 1040 g/mol. The molecule has 0 aliphatic rings. The Labute approximate surface area is 488 Å². The highest BCUT2D eigenvalue weighted by atomic mass is 32.1. The van der Waals surface area contributed by atoms with Crippen molar-refractivity contribution in [2.24, 2.45) is 0 Å². The van der Waals surface area contributed by atoms with Crippen LogP contribution >= 0.6 is 22.7 Å². The van der Waals surface area contributed by atoms with Crippen LogP contribution in [0.5, 0.6) is 0 Å². The highest BCUT2D eigenvalue weighted by Gasteiger charge is 2.22. The molecule has 0 radical (unpaired) electrons. The summed E-state index contributed by atoms with van der Waals surface area (Å²) in [6.07, 6.45) is 0. The summed E-state index contributed by atoms with van der Waals surface area (Å²) in [4.78, 5) is 0. The Hall–Kier alpha value is -10.2. The normalized spacial score (nSPS) is 11.9. The smallest absolute Gasteiger partial charge is 0.0547 e. The van der Waals surface area contributed by atoms with Gasteiger partial charge in [-0.05, 0) is 130 Å². The van der Waals surface area contributed by atoms with Crippen molar-refractivity contribution in [2.45, 2.75) is 0 Å². The molecule has 83 heavy (non-hydrogen) atoms. The molecule has 1 nitrogen and oxygen atoms in total. The zero-order valence-electron chi connectivity index (χ0n) is 45.1. The van der Waals surface area contributed by atoms with Crippen molar-refractivity contribution in [3.05, 3.63) is 297 Å². The summed E-state index contributed by atoms with van der Waals surface area (Å²) in [5.41, 5.74) is 20.7. The van der Waals surface area contributed by atoms with Crippen molar-refractivity contribution in [3.63, 3.8) is 0 Å². The molecule has 0 spiro atoms. The van der Waals surface area contributed by atoms with Crippen LogP contribution < -0.4 is 0 Å². The van der Waals surface area contributed by atoms with Gasteiger partial charge in [-0.3, -0.25) is 0 Å². The number of hydrogen-bond donors (Lipinski definition) is 0. The molecule has 17 aromatic rings. The second kappa shape index (κ2) is 19.3. The van der Waals surface area contributed by atoms with E-state index in [2.05, 4.69) is 302 Å². The summed E-state index contributed by atoms with van der Waals surface area (Å²) in [5.74, 6) is 0. The molecule has 0 bridgehead atoms. The van der Waals surface area contributed by atoms with Crippen LogP contribution in [0.15, 0.2) is 297 Å². The fourth-order valence-corrected chi connectivity index (χ4v) is 16.2. The minimum absolute atomic E-state index is 1.11. The third kappa shape index (κ3) is 7.66. The largest absolute Gasteiger partial charge is 0.309 e. The fourth-order valence-electron chi connectivity index (χ4n) is 13.4. The monoisotopic (exact) mass is 1090 g/mol. The average molecular weight is 1090 g/mol. The maximum atomic E-state index is 2.54. The summed E-state index contributed by atoms with van der Waals surface area (Å²) in [6.45, 7) is 0. The maximum absolute atomic E-state index is 2.54. The van der Waals surface area contributed by atoms with Gasteiger partial charge in [0.2, 0.25) is 0 Å². The van der Waals surface area contributed by atoms with E-state index in [1.165, 1.54) is 156 Å². The summed E-state index contributed by atoms with van der Waals surface area (Å²) < 4.78 is 7.78. The quantitative estimate of drug-likeness (QED) is 0.134. The van der Waals surface area contributed by atoms with Crippen molar-refractivity contribution in [2.75, 3.05) is 0 Å². The van der Waals surface area contributed by atoms with Gasteiger partial charge in [0.25, 0.3) is 0 Å². The van der Waals surface area contributed by atoms with Crippen molar-refractivity contribution in [1.29, 1.82) is 0 Å². The van der Waals surface area contributed by atoms with Gasteiger partial charge in [-0.1, -0.05) is 267 Å². The molecule has 0 unspecified atom stereocenters. The first-order valence-electron chi connectivity index (χ1n) is 28.5. The molecule has 0 saturated carbocycles. The summed E-state index contributed by atoms with van der Waals surface area (Å²) in [6, 6.07) is 110. The number of hydrogen-bond acceptors (Lipinski definition) is 2. The van der Waals surface area contributed by atoms with Gasteiger partial charge in [-0.25, -0.2) is 0 Å². The molecule has 0 amide bonds. The van der Waals surface area contributed by atoms with E-state index in [-0.39, 0.29) is 0 Å². The van der Waals surface area contributed by atoms with Gasteiger partial charge in [0.05, 0.1) is 11.0 Å². The number of rotatable bonds is 8. The van der Waals surface area contributed by atoms with Crippen LogP contribution in [-0.4, -0.2) is 4.57 Å². The molecule has 0 aliphatic heterocycles. The predicted molar refractivity (Wildman–Crippen MR) is 360 cm³/mol. The number of benzene rings is 14. The van der Waals surface area contributed by atoms with E-state index < -0.39 is 0 Å². The van der Waals surface area contributed by atoms with E-state index >= 15 is 0 Å². The van der Waals surface area contributed by atoms with Gasteiger partial charge in [-0.2, -0.15) is 0 Å². The van der Waals surface area contributed by atoms with Crippen molar-refractivity contribution < 1.29 is 0 Å². The second-order valence-corrected chi connectivity index (χ2v) is 23.8. The molecule has 3 heteroatoms. The molecule has 3 aromatic heterocycles. The van der Waals surface area contributed by atoms with Crippen LogP contribution in [0.2, 0.25) is 0 Å². The van der Waals surface area contributed by atoms with E-state index in [1.54, 1.807) is 0 Å². The zero-order chi connectivity index (χ0) is 54.5. The minimum atomic E-state index is 1.11. The highest BCUT2D eigenvalue weighted by molar-refractivity contribution is 7.27. The van der Waals surface area contributed by atoms with Crippen LogP contribution in [0.3, 0.4) is 0 Å². The molecule has 0 N–H and O–H groups in total. The zero-order valence-corrected chi connectivity index (χ0v) is 46.7. The number of aromatic nitrogens is 1. The molecule has 0 atom stereocenters. The number of nitrogens with zero attached hydrogens (tertiary/aromatic N) is 1. The van der Waals surface area contributed by atoms with Gasteiger partial charge in [0, 0.05) is 56.8 Å². The Kier molecular flexibility index (Phi) is 11.0. The SMILES string of the molecule is c1ccc(-c2c3ccccc3c(-c3ccccc3)c3cc(-c4cccc(-n5c6cc(-c7cccc8c7sc7c(-c9ccccc9)cccc78)ccc6c6ccc(-c7cccc8c7sc7c(-c9ccccc9)cccc78)cc65)c4)ccc23)cc1. The Morgan fingerprint density at radius 1 is 0.193 bits per heavy atom. The van der Waals surface area contributed by atoms with Gasteiger partial charge in [0.1, 0.15) is 0 Å². The fraction of sp³-hybridized carbons (Fsp3) is 0. The van der Waals surface area contributed by atoms with E-state index in [0.29, 0.717) is 0 Å². The highest BCUT2D eigenvalue weighted by Crippen LogP contribution is 2.49. The lowest BCUT2D eigenvalue weighted by atomic mass is 9.85.